The van der Waals surface area contributed by atoms with E-state index >= 15 is 0 Å². The second-order valence-electron chi connectivity index (χ2n) is 5.12. The average molecular weight is 303 g/mol. The minimum atomic E-state index is 0.0351. The van der Waals surface area contributed by atoms with E-state index < -0.39 is 0 Å². The van der Waals surface area contributed by atoms with E-state index in [0.29, 0.717) is 11.1 Å². The predicted molar refractivity (Wildman–Crippen MR) is 84.7 cm³/mol. The van der Waals surface area contributed by atoms with Crippen LogP contribution in [0, 0.1) is 6.07 Å². The van der Waals surface area contributed by atoms with Crippen molar-refractivity contribution in [1.29, 1.82) is 0 Å². The van der Waals surface area contributed by atoms with Crippen LogP contribution in [0.25, 0.3) is 0 Å². The summed E-state index contributed by atoms with van der Waals surface area (Å²) in [4.78, 5) is 6.54. The normalized spacial score (nSPS) is 18.0. The lowest BCUT2D eigenvalue weighted by molar-refractivity contribution is 0.282. The Morgan fingerprint density at radius 3 is 3.19 bits per heavy atom. The summed E-state index contributed by atoms with van der Waals surface area (Å²) >= 11 is 6.13. The van der Waals surface area contributed by atoms with E-state index in [1.165, 1.54) is 0 Å². The molecule has 2 heterocycles. The highest BCUT2D eigenvalue weighted by Crippen LogP contribution is 2.27. The largest absolute Gasteiger partial charge is 0.392 e. The SMILES string of the molecule is OCc1c[c]ccc1N1CC[C@H](Nc2ncccc2Cl)C1. The minimum Gasteiger partial charge on any atom is -0.392 e. The van der Waals surface area contributed by atoms with Crippen LogP contribution in [0.15, 0.2) is 36.5 Å². The Bertz CT molecular complexity index is 620. The van der Waals surface area contributed by atoms with Gasteiger partial charge in [0.25, 0.3) is 0 Å². The van der Waals surface area contributed by atoms with E-state index in [-0.39, 0.29) is 6.61 Å². The van der Waals surface area contributed by atoms with Gasteiger partial charge in [0.1, 0.15) is 5.82 Å². The van der Waals surface area contributed by atoms with E-state index in [1.807, 2.05) is 30.3 Å². The van der Waals surface area contributed by atoms with Crippen LogP contribution in [0.5, 0.6) is 0 Å². The van der Waals surface area contributed by atoms with Gasteiger partial charge in [0.2, 0.25) is 0 Å². The maximum absolute atomic E-state index is 9.43. The minimum absolute atomic E-state index is 0.0351. The molecule has 5 heteroatoms. The molecule has 21 heavy (non-hydrogen) atoms. The van der Waals surface area contributed by atoms with E-state index in [1.54, 1.807) is 6.20 Å². The van der Waals surface area contributed by atoms with Gasteiger partial charge in [0, 0.05) is 36.6 Å². The van der Waals surface area contributed by atoms with Crippen LogP contribution >= 0.6 is 11.6 Å². The summed E-state index contributed by atoms with van der Waals surface area (Å²) < 4.78 is 0. The summed E-state index contributed by atoms with van der Waals surface area (Å²) in [5.74, 6) is 0.731. The number of pyridine rings is 1. The first kappa shape index (κ1) is 14.2. The molecular formula is C16H17ClN3O. The Hall–Kier alpha value is -1.78. The lowest BCUT2D eigenvalue weighted by atomic mass is 10.2. The summed E-state index contributed by atoms with van der Waals surface area (Å²) in [5, 5.41) is 13.5. The molecule has 109 valence electrons. The first-order chi connectivity index (χ1) is 10.3. The van der Waals surface area contributed by atoms with Crippen molar-refractivity contribution in [3.63, 3.8) is 0 Å². The zero-order valence-corrected chi connectivity index (χ0v) is 12.3. The number of aromatic nitrogens is 1. The van der Waals surface area contributed by atoms with Gasteiger partial charge in [-0.1, -0.05) is 17.7 Å². The number of anilines is 2. The van der Waals surface area contributed by atoms with E-state index in [0.717, 1.165) is 36.6 Å². The smallest absolute Gasteiger partial charge is 0.145 e. The zero-order valence-electron chi connectivity index (χ0n) is 11.6. The van der Waals surface area contributed by atoms with Crippen molar-refractivity contribution in [1.82, 2.24) is 4.98 Å². The number of halogens is 1. The van der Waals surface area contributed by atoms with E-state index in [9.17, 15) is 5.11 Å². The summed E-state index contributed by atoms with van der Waals surface area (Å²) in [5.41, 5.74) is 1.99. The maximum atomic E-state index is 9.43. The third kappa shape index (κ3) is 3.12. The van der Waals surface area contributed by atoms with Crippen LogP contribution < -0.4 is 10.2 Å². The topological polar surface area (TPSA) is 48.4 Å². The molecular weight excluding hydrogens is 286 g/mol. The van der Waals surface area contributed by atoms with Gasteiger partial charge in [-0.3, -0.25) is 0 Å². The van der Waals surface area contributed by atoms with Crippen LogP contribution in [0.4, 0.5) is 11.5 Å². The molecule has 1 radical (unpaired) electrons. The van der Waals surface area contributed by atoms with E-state index in [2.05, 4.69) is 21.3 Å². The molecule has 0 spiro atoms. The number of aliphatic hydroxyl groups is 1. The van der Waals surface area contributed by atoms with Crippen molar-refractivity contribution < 1.29 is 5.11 Å². The highest BCUT2D eigenvalue weighted by atomic mass is 35.5. The predicted octanol–water partition coefficient (Wildman–Crippen LogP) is 2.72. The second kappa shape index (κ2) is 6.33. The summed E-state index contributed by atoms with van der Waals surface area (Å²) in [6, 6.07) is 12.7. The van der Waals surface area contributed by atoms with Crippen LogP contribution in [0.3, 0.4) is 0 Å². The highest BCUT2D eigenvalue weighted by molar-refractivity contribution is 6.32. The van der Waals surface area contributed by atoms with Gasteiger partial charge in [-0.05, 0) is 36.8 Å². The molecule has 1 fully saturated rings. The van der Waals surface area contributed by atoms with Crippen LogP contribution in [0.2, 0.25) is 5.02 Å². The fraction of sp³-hybridized carbons (Fsp3) is 0.312. The van der Waals surface area contributed by atoms with E-state index in [4.69, 9.17) is 11.6 Å². The second-order valence-corrected chi connectivity index (χ2v) is 5.53. The van der Waals surface area contributed by atoms with Gasteiger partial charge in [-0.2, -0.15) is 0 Å². The Morgan fingerprint density at radius 1 is 1.48 bits per heavy atom. The van der Waals surface area contributed by atoms with Crippen molar-refractivity contribution in [3.05, 3.63) is 53.2 Å². The molecule has 0 amide bonds. The van der Waals surface area contributed by atoms with Crippen molar-refractivity contribution in [3.8, 4) is 0 Å². The standard InChI is InChI=1S/C16H17ClN3O/c17-14-5-3-8-18-16(14)19-13-7-9-20(10-13)15-6-2-1-4-12(15)11-21/h2-6,8,13,21H,7,9-11H2,(H,18,19)/t13-/m0/s1. The molecule has 0 unspecified atom stereocenters. The molecule has 2 N–H and O–H groups in total. The molecule has 1 aromatic carbocycles. The van der Waals surface area contributed by atoms with Gasteiger partial charge in [-0.25, -0.2) is 4.98 Å². The van der Waals surface area contributed by atoms with Crippen molar-refractivity contribution in [2.45, 2.75) is 19.1 Å². The molecule has 1 saturated heterocycles. The summed E-state index contributed by atoms with van der Waals surface area (Å²) in [6.45, 7) is 1.84. The van der Waals surface area contributed by atoms with Gasteiger partial charge >= 0.3 is 0 Å². The summed E-state index contributed by atoms with van der Waals surface area (Å²) in [7, 11) is 0. The first-order valence-corrected chi connectivity index (χ1v) is 7.37. The Balaban J connectivity index is 1.70. The van der Waals surface area contributed by atoms with Crippen LogP contribution in [0.1, 0.15) is 12.0 Å². The molecule has 0 bridgehead atoms. The average Bonchev–Trinajstić information content (AvgIpc) is 2.98. The molecule has 0 saturated carbocycles. The lowest BCUT2D eigenvalue weighted by Gasteiger charge is -2.21. The van der Waals surface area contributed by atoms with Gasteiger partial charge in [0.15, 0.2) is 0 Å². The fourth-order valence-electron chi connectivity index (χ4n) is 2.67. The number of rotatable bonds is 4. The highest BCUT2D eigenvalue weighted by Gasteiger charge is 2.24. The maximum Gasteiger partial charge on any atom is 0.145 e. The zero-order chi connectivity index (χ0) is 14.7. The fourth-order valence-corrected chi connectivity index (χ4v) is 2.85. The number of hydrogen-bond acceptors (Lipinski definition) is 4. The number of nitrogens with zero attached hydrogens (tertiary/aromatic N) is 2. The molecule has 3 rings (SSSR count). The molecule has 1 aliphatic heterocycles. The van der Waals surface area contributed by atoms with Crippen LogP contribution in [-0.2, 0) is 6.61 Å². The molecule has 1 aliphatic rings. The molecule has 0 aliphatic carbocycles. The number of aliphatic hydroxyl groups excluding tert-OH is 1. The Labute approximate surface area is 129 Å². The molecule has 2 aromatic rings. The number of benzene rings is 1. The lowest BCUT2D eigenvalue weighted by Crippen LogP contribution is -2.27. The monoisotopic (exact) mass is 302 g/mol. The van der Waals surface area contributed by atoms with Gasteiger partial charge in [-0.15, -0.1) is 0 Å². The first-order valence-electron chi connectivity index (χ1n) is 7.00. The third-order valence-corrected chi connectivity index (χ3v) is 4.03. The molecule has 1 aromatic heterocycles. The quantitative estimate of drug-likeness (QED) is 0.912. The number of nitrogens with one attached hydrogen (secondary N) is 1. The summed E-state index contributed by atoms with van der Waals surface area (Å²) in [6.07, 6.45) is 2.74. The Kier molecular flexibility index (Phi) is 4.27. The van der Waals surface area contributed by atoms with Crippen LogP contribution in [-0.4, -0.2) is 29.2 Å². The number of hydrogen-bond donors (Lipinski definition) is 2. The molecule has 1 atom stereocenters. The third-order valence-electron chi connectivity index (χ3n) is 3.72. The van der Waals surface area contributed by atoms with Gasteiger partial charge in [0.05, 0.1) is 11.6 Å². The van der Waals surface area contributed by atoms with Crippen molar-refractivity contribution in [2.24, 2.45) is 0 Å². The van der Waals surface area contributed by atoms with Crippen molar-refractivity contribution >= 4 is 23.1 Å². The van der Waals surface area contributed by atoms with Crippen molar-refractivity contribution in [2.75, 3.05) is 23.3 Å². The van der Waals surface area contributed by atoms with Gasteiger partial charge < -0.3 is 15.3 Å². The Morgan fingerprint density at radius 2 is 2.38 bits per heavy atom. The molecule has 4 nitrogen and oxygen atoms in total.